The standard InChI is InChI=1S/C15H24O3/c1-13(2,3)11-9-10(12(16)17)7-8-15(11,18)14(4,5)6/h7-9,11,18H,1-6H3,(H,16,17). The molecule has 0 aromatic heterocycles. The fraction of sp³-hybridized carbons (Fsp3) is 0.667. The van der Waals surface area contributed by atoms with Crippen LogP contribution in [0.25, 0.3) is 0 Å². The zero-order chi connectivity index (χ0) is 14.4. The Labute approximate surface area is 109 Å². The zero-order valence-corrected chi connectivity index (χ0v) is 12.1. The molecule has 0 bridgehead atoms. The first-order chi connectivity index (χ1) is 7.89. The van der Waals surface area contributed by atoms with Crippen LogP contribution in [0.1, 0.15) is 41.5 Å². The fourth-order valence-electron chi connectivity index (χ4n) is 2.45. The molecule has 0 heterocycles. The first-order valence-electron chi connectivity index (χ1n) is 6.26. The maximum atomic E-state index is 11.1. The van der Waals surface area contributed by atoms with Gasteiger partial charge in [-0.3, -0.25) is 0 Å². The summed E-state index contributed by atoms with van der Waals surface area (Å²) in [7, 11) is 0. The van der Waals surface area contributed by atoms with Crippen LogP contribution in [-0.2, 0) is 4.79 Å². The maximum Gasteiger partial charge on any atom is 0.335 e. The fourth-order valence-corrected chi connectivity index (χ4v) is 2.45. The molecule has 0 amide bonds. The summed E-state index contributed by atoms with van der Waals surface area (Å²) in [6, 6.07) is 0. The predicted octanol–water partition coefficient (Wildman–Crippen LogP) is 3.01. The largest absolute Gasteiger partial charge is 0.478 e. The molecule has 2 unspecified atom stereocenters. The maximum absolute atomic E-state index is 11.1. The lowest BCUT2D eigenvalue weighted by Crippen LogP contribution is -2.52. The summed E-state index contributed by atoms with van der Waals surface area (Å²) in [6.45, 7) is 12.0. The second kappa shape index (κ2) is 4.23. The van der Waals surface area contributed by atoms with Crippen molar-refractivity contribution in [3.8, 4) is 0 Å². The quantitative estimate of drug-likeness (QED) is 0.754. The summed E-state index contributed by atoms with van der Waals surface area (Å²) in [5.74, 6) is -1.18. The number of aliphatic hydroxyl groups is 1. The number of hydrogen-bond acceptors (Lipinski definition) is 2. The molecule has 2 atom stereocenters. The highest BCUT2D eigenvalue weighted by Crippen LogP contribution is 2.48. The second-order valence-electron chi connectivity index (χ2n) is 7.18. The molecule has 0 aromatic rings. The summed E-state index contributed by atoms with van der Waals surface area (Å²) in [6.07, 6.45) is 4.84. The first-order valence-corrected chi connectivity index (χ1v) is 6.26. The molecule has 1 aliphatic rings. The van der Waals surface area contributed by atoms with Gasteiger partial charge in [0.25, 0.3) is 0 Å². The number of aliphatic carboxylic acids is 1. The second-order valence-corrected chi connectivity index (χ2v) is 7.18. The lowest BCUT2D eigenvalue weighted by atomic mass is 9.59. The van der Waals surface area contributed by atoms with E-state index in [1.54, 1.807) is 12.2 Å². The van der Waals surface area contributed by atoms with E-state index in [9.17, 15) is 9.90 Å². The molecule has 0 fully saturated rings. The van der Waals surface area contributed by atoms with Crippen molar-refractivity contribution in [3.05, 3.63) is 23.8 Å². The van der Waals surface area contributed by atoms with Crippen LogP contribution in [-0.4, -0.2) is 21.8 Å². The number of rotatable bonds is 1. The van der Waals surface area contributed by atoms with E-state index in [1.807, 2.05) is 41.5 Å². The average Bonchev–Trinajstić information content (AvgIpc) is 2.14. The van der Waals surface area contributed by atoms with Gasteiger partial charge in [0.1, 0.15) is 0 Å². The van der Waals surface area contributed by atoms with Gasteiger partial charge in [-0.05, 0) is 16.9 Å². The zero-order valence-electron chi connectivity index (χ0n) is 12.1. The molecule has 3 heteroatoms. The average molecular weight is 252 g/mol. The summed E-state index contributed by atoms with van der Waals surface area (Å²) >= 11 is 0. The third-order valence-electron chi connectivity index (χ3n) is 3.72. The summed E-state index contributed by atoms with van der Waals surface area (Å²) in [5.41, 5.74) is -1.36. The van der Waals surface area contributed by atoms with E-state index in [0.29, 0.717) is 0 Å². The molecule has 18 heavy (non-hydrogen) atoms. The van der Waals surface area contributed by atoms with Crippen LogP contribution in [0.5, 0.6) is 0 Å². The molecule has 102 valence electrons. The van der Waals surface area contributed by atoms with Crippen LogP contribution in [0.3, 0.4) is 0 Å². The molecule has 0 spiro atoms. The smallest absolute Gasteiger partial charge is 0.335 e. The van der Waals surface area contributed by atoms with Crippen molar-refractivity contribution in [1.82, 2.24) is 0 Å². The molecule has 3 nitrogen and oxygen atoms in total. The van der Waals surface area contributed by atoms with Gasteiger partial charge in [-0.1, -0.05) is 53.7 Å². The Bertz CT molecular complexity index is 404. The molecule has 0 radical (unpaired) electrons. The molecule has 2 N–H and O–H groups in total. The lowest BCUT2D eigenvalue weighted by Gasteiger charge is -2.49. The minimum absolute atomic E-state index is 0.215. The van der Waals surface area contributed by atoms with Crippen molar-refractivity contribution >= 4 is 5.97 Å². The lowest BCUT2D eigenvalue weighted by molar-refractivity contribution is -0.132. The van der Waals surface area contributed by atoms with Gasteiger partial charge in [-0.2, -0.15) is 0 Å². The molecule has 1 rings (SSSR count). The Kier molecular flexibility index (Phi) is 3.52. The topological polar surface area (TPSA) is 57.5 Å². The van der Waals surface area contributed by atoms with E-state index in [1.165, 1.54) is 6.08 Å². The van der Waals surface area contributed by atoms with Gasteiger partial charge in [0.15, 0.2) is 0 Å². The van der Waals surface area contributed by atoms with E-state index in [0.717, 1.165) is 0 Å². The molecule has 0 saturated heterocycles. The van der Waals surface area contributed by atoms with Crippen molar-refractivity contribution in [2.75, 3.05) is 0 Å². The highest BCUT2D eigenvalue weighted by Gasteiger charge is 2.49. The van der Waals surface area contributed by atoms with Crippen LogP contribution in [0.2, 0.25) is 0 Å². The highest BCUT2D eigenvalue weighted by atomic mass is 16.4. The summed E-state index contributed by atoms with van der Waals surface area (Å²) in [5, 5.41) is 20.1. The Morgan fingerprint density at radius 2 is 1.72 bits per heavy atom. The highest BCUT2D eigenvalue weighted by molar-refractivity contribution is 5.90. The predicted molar refractivity (Wildman–Crippen MR) is 72.2 cm³/mol. The number of carboxylic acids is 1. The van der Waals surface area contributed by atoms with E-state index in [-0.39, 0.29) is 22.3 Å². The minimum atomic E-state index is -1.04. The molecular formula is C15H24O3. The summed E-state index contributed by atoms with van der Waals surface area (Å²) in [4.78, 5) is 11.1. The van der Waals surface area contributed by atoms with Gasteiger partial charge >= 0.3 is 5.97 Å². The molecule has 0 aliphatic heterocycles. The van der Waals surface area contributed by atoms with Gasteiger partial charge in [0.05, 0.1) is 11.2 Å². The van der Waals surface area contributed by atoms with E-state index in [2.05, 4.69) is 0 Å². The Balaban J connectivity index is 3.34. The molecule has 1 aliphatic carbocycles. The molecule has 0 aromatic carbocycles. The normalized spacial score (nSPS) is 29.1. The summed E-state index contributed by atoms with van der Waals surface area (Å²) < 4.78 is 0. The van der Waals surface area contributed by atoms with Crippen LogP contribution in [0.4, 0.5) is 0 Å². The van der Waals surface area contributed by atoms with Crippen LogP contribution >= 0.6 is 0 Å². The third-order valence-corrected chi connectivity index (χ3v) is 3.72. The Hall–Kier alpha value is -1.09. The number of carbonyl (C=O) groups is 1. The number of carboxylic acid groups (broad SMARTS) is 1. The van der Waals surface area contributed by atoms with Gasteiger partial charge < -0.3 is 10.2 Å². The van der Waals surface area contributed by atoms with Gasteiger partial charge in [0, 0.05) is 5.92 Å². The van der Waals surface area contributed by atoms with Crippen molar-refractivity contribution in [3.63, 3.8) is 0 Å². The van der Waals surface area contributed by atoms with Crippen LogP contribution < -0.4 is 0 Å². The van der Waals surface area contributed by atoms with Gasteiger partial charge in [0.2, 0.25) is 0 Å². The van der Waals surface area contributed by atoms with E-state index >= 15 is 0 Å². The number of hydrogen-bond donors (Lipinski definition) is 2. The van der Waals surface area contributed by atoms with Crippen LogP contribution in [0, 0.1) is 16.7 Å². The monoisotopic (exact) mass is 252 g/mol. The Morgan fingerprint density at radius 3 is 2.06 bits per heavy atom. The van der Waals surface area contributed by atoms with Crippen LogP contribution in [0.15, 0.2) is 23.8 Å². The van der Waals surface area contributed by atoms with E-state index in [4.69, 9.17) is 5.11 Å². The van der Waals surface area contributed by atoms with Gasteiger partial charge in [-0.25, -0.2) is 4.79 Å². The third kappa shape index (κ3) is 2.51. The molecule has 0 saturated carbocycles. The Morgan fingerprint density at radius 1 is 1.22 bits per heavy atom. The van der Waals surface area contributed by atoms with Crippen molar-refractivity contribution < 1.29 is 15.0 Å². The van der Waals surface area contributed by atoms with Gasteiger partial charge in [-0.15, -0.1) is 0 Å². The van der Waals surface area contributed by atoms with Crippen molar-refractivity contribution in [1.29, 1.82) is 0 Å². The minimum Gasteiger partial charge on any atom is -0.478 e. The van der Waals surface area contributed by atoms with E-state index < -0.39 is 11.6 Å². The SMILES string of the molecule is CC(C)(C)C1C=C(C(=O)O)C=CC1(O)C(C)(C)C. The van der Waals surface area contributed by atoms with Crippen molar-refractivity contribution in [2.24, 2.45) is 16.7 Å². The molecular weight excluding hydrogens is 228 g/mol. The van der Waals surface area contributed by atoms with Crippen molar-refractivity contribution in [2.45, 2.75) is 47.1 Å². The first kappa shape index (κ1) is 15.0.